The van der Waals surface area contributed by atoms with Crippen molar-refractivity contribution >= 4 is 17.7 Å². The van der Waals surface area contributed by atoms with Gasteiger partial charge in [0.2, 0.25) is 0 Å². The molecule has 0 aliphatic carbocycles. The zero-order valence-electron chi connectivity index (χ0n) is 10.2. The molecule has 2 unspecified atom stereocenters. The lowest BCUT2D eigenvalue weighted by Crippen LogP contribution is -2.33. The van der Waals surface area contributed by atoms with Crippen LogP contribution < -0.4 is 14.8 Å². The van der Waals surface area contributed by atoms with E-state index in [9.17, 15) is 4.79 Å². The number of benzene rings is 1. The maximum Gasteiger partial charge on any atom is 0.321 e. The predicted molar refractivity (Wildman–Crippen MR) is 69.3 cm³/mol. The molecule has 1 aromatic carbocycles. The highest BCUT2D eigenvalue weighted by atomic mass is 32.2. The Hall–Kier alpha value is -1.40. The molecule has 2 N–H and O–H groups in total. The van der Waals surface area contributed by atoms with Crippen LogP contribution in [0.5, 0.6) is 11.5 Å². The van der Waals surface area contributed by atoms with Gasteiger partial charge in [-0.3, -0.25) is 10.1 Å². The molecular weight excluding hydrogens is 254 g/mol. The Kier molecular flexibility index (Phi) is 3.98. The average Bonchev–Trinajstić information content (AvgIpc) is 2.87. The molecule has 18 heavy (non-hydrogen) atoms. The average molecular weight is 269 g/mol. The molecule has 1 heterocycles. The van der Waals surface area contributed by atoms with E-state index in [1.54, 1.807) is 26.0 Å². The maximum atomic E-state index is 10.9. The number of hydrogen-bond donors (Lipinski definition) is 2. The summed E-state index contributed by atoms with van der Waals surface area (Å²) in [5.41, 5.74) is 0.908. The van der Waals surface area contributed by atoms with Crippen molar-refractivity contribution in [1.82, 2.24) is 5.32 Å². The third-order valence-corrected chi connectivity index (χ3v) is 4.05. The molecule has 98 valence electrons. The molecule has 0 bridgehead atoms. The van der Waals surface area contributed by atoms with Crippen molar-refractivity contribution in [3.05, 3.63) is 23.8 Å². The normalized spacial score (nSPS) is 22.8. The van der Waals surface area contributed by atoms with Gasteiger partial charge >= 0.3 is 5.97 Å². The van der Waals surface area contributed by atoms with Gasteiger partial charge in [0.1, 0.15) is 6.04 Å². The number of carbonyl (C=O) groups is 1. The molecule has 1 aliphatic rings. The van der Waals surface area contributed by atoms with E-state index in [2.05, 4.69) is 5.32 Å². The maximum absolute atomic E-state index is 10.9. The van der Waals surface area contributed by atoms with Gasteiger partial charge in [-0.2, -0.15) is 0 Å². The number of nitrogens with one attached hydrogen (secondary N) is 1. The molecule has 1 aliphatic heterocycles. The van der Waals surface area contributed by atoms with Crippen LogP contribution in [0.15, 0.2) is 18.2 Å². The van der Waals surface area contributed by atoms with Gasteiger partial charge in [0.05, 0.1) is 19.6 Å². The summed E-state index contributed by atoms with van der Waals surface area (Å²) >= 11 is 1.55. The Labute approximate surface area is 109 Å². The van der Waals surface area contributed by atoms with E-state index < -0.39 is 12.0 Å². The molecular formula is C12H15NO4S. The fraction of sp³-hybridized carbons (Fsp3) is 0.417. The van der Waals surface area contributed by atoms with Crippen LogP contribution in [-0.4, -0.2) is 37.1 Å². The van der Waals surface area contributed by atoms with Gasteiger partial charge in [0.15, 0.2) is 11.5 Å². The van der Waals surface area contributed by atoms with Gasteiger partial charge in [-0.1, -0.05) is 12.1 Å². The molecule has 2 atom stereocenters. The summed E-state index contributed by atoms with van der Waals surface area (Å²) in [7, 11) is 3.16. The summed E-state index contributed by atoms with van der Waals surface area (Å²) in [6, 6.07) is 5.08. The molecule has 0 amide bonds. The number of thioether (sulfide) groups is 1. The van der Waals surface area contributed by atoms with Crippen molar-refractivity contribution < 1.29 is 19.4 Å². The quantitative estimate of drug-likeness (QED) is 0.863. The molecule has 5 nitrogen and oxygen atoms in total. The first kappa shape index (κ1) is 13.0. The smallest absolute Gasteiger partial charge is 0.321 e. The molecule has 2 rings (SSSR count). The van der Waals surface area contributed by atoms with E-state index in [1.807, 2.05) is 18.2 Å². The van der Waals surface area contributed by atoms with Gasteiger partial charge in [-0.05, 0) is 6.07 Å². The molecule has 0 aromatic heterocycles. The van der Waals surface area contributed by atoms with Crippen molar-refractivity contribution in [2.24, 2.45) is 0 Å². The summed E-state index contributed by atoms with van der Waals surface area (Å²) in [5.74, 6) is 1.01. The molecule has 1 saturated heterocycles. The molecule has 0 saturated carbocycles. The van der Waals surface area contributed by atoms with E-state index in [4.69, 9.17) is 14.6 Å². The van der Waals surface area contributed by atoms with Gasteiger partial charge in [-0.15, -0.1) is 11.8 Å². The number of carboxylic acids is 1. The predicted octanol–water partition coefficient (Wildman–Crippen LogP) is 1.49. The highest BCUT2D eigenvalue weighted by Crippen LogP contribution is 2.41. The van der Waals surface area contributed by atoms with E-state index in [-0.39, 0.29) is 5.37 Å². The zero-order valence-corrected chi connectivity index (χ0v) is 11.0. The monoisotopic (exact) mass is 269 g/mol. The Balaban J connectivity index is 2.26. The van der Waals surface area contributed by atoms with Crippen molar-refractivity contribution in [3.63, 3.8) is 0 Å². The summed E-state index contributed by atoms with van der Waals surface area (Å²) in [6.07, 6.45) is 0. The number of ether oxygens (including phenoxy) is 2. The van der Waals surface area contributed by atoms with Gasteiger partial charge in [0, 0.05) is 11.3 Å². The second-order valence-electron chi connectivity index (χ2n) is 3.85. The van der Waals surface area contributed by atoms with Crippen LogP contribution in [0.4, 0.5) is 0 Å². The van der Waals surface area contributed by atoms with Crippen LogP contribution in [0.25, 0.3) is 0 Å². The van der Waals surface area contributed by atoms with Crippen LogP contribution >= 0.6 is 11.8 Å². The number of para-hydroxylation sites is 1. The van der Waals surface area contributed by atoms with Crippen LogP contribution in [0.2, 0.25) is 0 Å². The summed E-state index contributed by atoms with van der Waals surface area (Å²) in [6.45, 7) is 0. The molecule has 6 heteroatoms. The van der Waals surface area contributed by atoms with E-state index in [0.717, 1.165) is 5.56 Å². The lowest BCUT2D eigenvalue weighted by Gasteiger charge is -2.17. The van der Waals surface area contributed by atoms with Gasteiger partial charge in [-0.25, -0.2) is 0 Å². The Morgan fingerprint density at radius 3 is 2.78 bits per heavy atom. The Morgan fingerprint density at radius 1 is 1.44 bits per heavy atom. The fourth-order valence-electron chi connectivity index (χ4n) is 1.91. The topological polar surface area (TPSA) is 67.8 Å². The SMILES string of the molecule is COc1cccc(C2NC(C(=O)O)CS2)c1OC. The first-order chi connectivity index (χ1) is 8.67. The molecule has 1 aromatic rings. The zero-order chi connectivity index (χ0) is 13.1. The van der Waals surface area contributed by atoms with Crippen LogP contribution in [0.1, 0.15) is 10.9 Å². The van der Waals surface area contributed by atoms with Crippen LogP contribution in [0, 0.1) is 0 Å². The standard InChI is InChI=1S/C12H15NO4S/c1-16-9-5-3-4-7(10(9)17-2)11-13-8(6-18-11)12(14)15/h3-5,8,11,13H,6H2,1-2H3,(H,14,15). The second kappa shape index (κ2) is 5.49. The highest BCUT2D eigenvalue weighted by molar-refractivity contribution is 7.99. The minimum atomic E-state index is -0.827. The van der Waals surface area contributed by atoms with E-state index >= 15 is 0 Å². The van der Waals surface area contributed by atoms with Gasteiger partial charge in [0.25, 0.3) is 0 Å². The van der Waals surface area contributed by atoms with Gasteiger partial charge < -0.3 is 14.6 Å². The number of hydrogen-bond acceptors (Lipinski definition) is 5. The third kappa shape index (κ3) is 2.39. The fourth-order valence-corrected chi connectivity index (χ4v) is 3.16. The first-order valence-electron chi connectivity index (χ1n) is 5.48. The highest BCUT2D eigenvalue weighted by Gasteiger charge is 2.32. The van der Waals surface area contributed by atoms with Crippen LogP contribution in [-0.2, 0) is 4.79 Å². The number of carboxylic acid groups (broad SMARTS) is 1. The van der Waals surface area contributed by atoms with Crippen molar-refractivity contribution in [2.45, 2.75) is 11.4 Å². The summed E-state index contributed by atoms with van der Waals surface area (Å²) in [5, 5.41) is 11.9. The molecule has 0 radical (unpaired) electrons. The Bertz CT molecular complexity index is 452. The summed E-state index contributed by atoms with van der Waals surface area (Å²) < 4.78 is 10.6. The number of methoxy groups -OCH3 is 2. The number of aliphatic carboxylic acids is 1. The lowest BCUT2D eigenvalue weighted by atomic mass is 10.1. The number of rotatable bonds is 4. The molecule has 0 spiro atoms. The van der Waals surface area contributed by atoms with E-state index in [1.165, 1.54) is 0 Å². The van der Waals surface area contributed by atoms with Crippen molar-refractivity contribution in [2.75, 3.05) is 20.0 Å². The third-order valence-electron chi connectivity index (χ3n) is 2.80. The largest absolute Gasteiger partial charge is 0.493 e. The van der Waals surface area contributed by atoms with Crippen LogP contribution in [0.3, 0.4) is 0 Å². The van der Waals surface area contributed by atoms with Crippen molar-refractivity contribution in [3.8, 4) is 11.5 Å². The molecule has 1 fully saturated rings. The van der Waals surface area contributed by atoms with E-state index in [0.29, 0.717) is 17.3 Å². The minimum Gasteiger partial charge on any atom is -0.493 e. The Morgan fingerprint density at radius 2 is 2.22 bits per heavy atom. The minimum absolute atomic E-state index is 0.0869. The lowest BCUT2D eigenvalue weighted by molar-refractivity contribution is -0.138. The second-order valence-corrected chi connectivity index (χ2v) is 4.99. The summed E-state index contributed by atoms with van der Waals surface area (Å²) in [4.78, 5) is 10.9. The van der Waals surface area contributed by atoms with Crippen molar-refractivity contribution in [1.29, 1.82) is 0 Å². The first-order valence-corrected chi connectivity index (χ1v) is 6.53.